The van der Waals surface area contributed by atoms with Gasteiger partial charge in [-0.25, -0.2) is 9.18 Å². The van der Waals surface area contributed by atoms with Crippen LogP contribution in [0.1, 0.15) is 49.4 Å². The average molecular weight is 767 g/mol. The van der Waals surface area contributed by atoms with Gasteiger partial charge in [-0.05, 0) is 78.9 Å². The number of fused-ring (bicyclic) bond motifs is 1. The van der Waals surface area contributed by atoms with E-state index >= 15 is 4.39 Å². The number of aromatic nitrogens is 4. The molecule has 2 aliphatic heterocycles. The molecule has 1 N–H and O–H groups in total. The number of piperidine rings is 2. The number of unbranched alkanes of at least 4 members (excludes halogenated alkanes) is 1. The van der Waals surface area contributed by atoms with E-state index < -0.39 is 23.5 Å². The number of alkyl halides is 1. The fourth-order valence-corrected chi connectivity index (χ4v) is 7.79. The number of nitrogens with one attached hydrogen (secondary N) is 1. The molecule has 3 aromatic heterocycles. The number of aryl methyl sites for hydroxylation is 1. The van der Waals surface area contributed by atoms with E-state index in [1.807, 2.05) is 30.5 Å². The van der Waals surface area contributed by atoms with E-state index in [2.05, 4.69) is 21.8 Å². The molecule has 56 heavy (non-hydrogen) atoms. The highest BCUT2D eigenvalue weighted by atomic mass is 19.1. The summed E-state index contributed by atoms with van der Waals surface area (Å²) in [7, 11) is 3.04. The van der Waals surface area contributed by atoms with Gasteiger partial charge < -0.3 is 23.7 Å². The van der Waals surface area contributed by atoms with Crippen LogP contribution in [0, 0.1) is 5.92 Å². The van der Waals surface area contributed by atoms with Crippen molar-refractivity contribution >= 4 is 16.7 Å². The van der Waals surface area contributed by atoms with Crippen LogP contribution in [-0.2, 0) is 6.54 Å². The molecule has 294 valence electrons. The van der Waals surface area contributed by atoms with Gasteiger partial charge in [0, 0.05) is 81.2 Å². The Morgan fingerprint density at radius 3 is 2.45 bits per heavy atom. The normalized spacial score (nSPS) is 17.9. The van der Waals surface area contributed by atoms with Crippen molar-refractivity contribution in [1.29, 1.82) is 0 Å². The molecule has 0 spiro atoms. The number of methoxy groups -OCH3 is 2. The van der Waals surface area contributed by atoms with E-state index in [0.29, 0.717) is 72.4 Å². The number of ether oxygens (including phenoxy) is 3. The third-order valence-electron chi connectivity index (χ3n) is 10.9. The van der Waals surface area contributed by atoms with Gasteiger partial charge in [-0.2, -0.15) is 0 Å². The summed E-state index contributed by atoms with van der Waals surface area (Å²) in [6, 6.07) is 13.6. The molecule has 2 saturated heterocycles. The Bertz CT molecular complexity index is 2380. The number of nitrogens with zero attached hydrogens (tertiary/aromatic N) is 5. The van der Waals surface area contributed by atoms with Gasteiger partial charge in [0.05, 0.1) is 25.3 Å². The summed E-state index contributed by atoms with van der Waals surface area (Å²) in [5.74, 6) is 1.50. The SMILES string of the molecule is CCCCn1cc(-c2ccc(O[C@H]3CCN(CC4CCN(C(=O)c5ccc(OC)c(-n6ccc(=O)[nH]c6=O)c5)CC4)C[C@@H]3F)c(OC)c2)c2ccncc2c1=O. The predicted molar refractivity (Wildman–Crippen MR) is 211 cm³/mol. The molecule has 0 saturated carbocycles. The van der Waals surface area contributed by atoms with Crippen LogP contribution in [-0.4, -0.2) is 94.0 Å². The zero-order valence-electron chi connectivity index (χ0n) is 31.9. The molecule has 1 amide bonds. The highest BCUT2D eigenvalue weighted by molar-refractivity contribution is 5.96. The van der Waals surface area contributed by atoms with Crippen molar-refractivity contribution in [3.63, 3.8) is 0 Å². The third kappa shape index (κ3) is 8.11. The number of likely N-dealkylation sites (tertiary alicyclic amines) is 2. The zero-order chi connectivity index (χ0) is 39.3. The van der Waals surface area contributed by atoms with Gasteiger partial charge in [0.1, 0.15) is 18.0 Å². The molecule has 0 aliphatic carbocycles. The summed E-state index contributed by atoms with van der Waals surface area (Å²) < 4.78 is 36.1. The van der Waals surface area contributed by atoms with Gasteiger partial charge in [-0.1, -0.05) is 19.4 Å². The molecule has 5 aromatic rings. The number of carbonyl (C=O) groups is 1. The smallest absolute Gasteiger partial charge is 0.333 e. The monoisotopic (exact) mass is 766 g/mol. The van der Waals surface area contributed by atoms with E-state index in [1.54, 1.807) is 47.2 Å². The van der Waals surface area contributed by atoms with Crippen molar-refractivity contribution < 1.29 is 23.4 Å². The van der Waals surface area contributed by atoms with Crippen LogP contribution < -0.4 is 31.0 Å². The number of hydrogen-bond acceptors (Lipinski definition) is 9. The lowest BCUT2D eigenvalue weighted by Gasteiger charge is -2.39. The maximum absolute atomic E-state index is 15.7. The van der Waals surface area contributed by atoms with E-state index in [4.69, 9.17) is 14.2 Å². The van der Waals surface area contributed by atoms with Crippen molar-refractivity contribution in [3.8, 4) is 34.1 Å². The number of aromatic amines is 1. The molecule has 0 unspecified atom stereocenters. The molecular weight excluding hydrogens is 719 g/mol. The first-order chi connectivity index (χ1) is 27.2. The van der Waals surface area contributed by atoms with E-state index in [1.165, 1.54) is 23.9 Å². The average Bonchev–Trinajstić information content (AvgIpc) is 3.21. The Morgan fingerprint density at radius 1 is 0.929 bits per heavy atom. The Kier molecular flexibility index (Phi) is 11.7. The number of benzene rings is 2. The van der Waals surface area contributed by atoms with E-state index in [0.717, 1.165) is 48.7 Å². The fraction of sp³-hybridized carbons (Fsp3) is 0.405. The van der Waals surface area contributed by atoms with Crippen molar-refractivity contribution in [2.24, 2.45) is 5.92 Å². The second kappa shape index (κ2) is 16.9. The quantitative estimate of drug-likeness (QED) is 0.185. The lowest BCUT2D eigenvalue weighted by Crippen LogP contribution is -2.49. The molecule has 2 aromatic carbocycles. The van der Waals surface area contributed by atoms with Crippen molar-refractivity contribution in [3.05, 3.63) is 110 Å². The number of halogens is 1. The highest BCUT2D eigenvalue weighted by Gasteiger charge is 2.34. The number of hydrogen-bond donors (Lipinski definition) is 1. The molecule has 14 heteroatoms. The minimum absolute atomic E-state index is 0.0665. The second-order valence-electron chi connectivity index (χ2n) is 14.5. The van der Waals surface area contributed by atoms with E-state index in [-0.39, 0.29) is 18.0 Å². The van der Waals surface area contributed by atoms with Gasteiger partial charge >= 0.3 is 5.69 Å². The first-order valence-electron chi connectivity index (χ1n) is 19.2. The Hall–Kier alpha value is -5.76. The van der Waals surface area contributed by atoms with Crippen LogP contribution in [0.3, 0.4) is 0 Å². The molecule has 0 bridgehead atoms. The topological polar surface area (TPSA) is 141 Å². The summed E-state index contributed by atoms with van der Waals surface area (Å²) in [6.07, 6.45) is 8.63. The number of carbonyl (C=O) groups excluding carboxylic acids is 1. The Labute approximate surface area is 323 Å². The lowest BCUT2D eigenvalue weighted by atomic mass is 9.94. The largest absolute Gasteiger partial charge is 0.495 e. The fourth-order valence-electron chi connectivity index (χ4n) is 7.79. The molecule has 2 aliphatic rings. The summed E-state index contributed by atoms with van der Waals surface area (Å²) >= 11 is 0. The van der Waals surface area contributed by atoms with Gasteiger partial charge in [0.25, 0.3) is 17.0 Å². The number of H-pyrrole nitrogens is 1. The van der Waals surface area contributed by atoms with Gasteiger partial charge in [-0.3, -0.25) is 33.8 Å². The molecule has 13 nitrogen and oxygen atoms in total. The van der Waals surface area contributed by atoms with Crippen LogP contribution in [0.4, 0.5) is 4.39 Å². The van der Waals surface area contributed by atoms with Gasteiger partial charge in [-0.15, -0.1) is 0 Å². The molecule has 0 radical (unpaired) electrons. The predicted octanol–water partition coefficient (Wildman–Crippen LogP) is 5.06. The Morgan fingerprint density at radius 2 is 1.71 bits per heavy atom. The zero-order valence-corrected chi connectivity index (χ0v) is 31.9. The molecular formula is C42H47FN6O7. The lowest BCUT2D eigenvalue weighted by molar-refractivity contribution is 0.0113. The van der Waals surface area contributed by atoms with Crippen LogP contribution in [0.5, 0.6) is 17.2 Å². The van der Waals surface area contributed by atoms with Crippen molar-refractivity contribution in [2.75, 3.05) is 46.9 Å². The van der Waals surface area contributed by atoms with Crippen LogP contribution >= 0.6 is 0 Å². The molecule has 2 atom stereocenters. The molecule has 5 heterocycles. The van der Waals surface area contributed by atoms with Gasteiger partial charge in [0.2, 0.25) is 0 Å². The minimum Gasteiger partial charge on any atom is -0.495 e. The summed E-state index contributed by atoms with van der Waals surface area (Å²) in [6.45, 7) is 5.49. The van der Waals surface area contributed by atoms with Crippen LogP contribution in [0.2, 0.25) is 0 Å². The first kappa shape index (κ1) is 38.5. The standard InChI is InChI=1S/C42H47FN6O7/c1-4-5-16-48-25-32(30-10-15-44-23-31(30)41(48)52)28-6-9-37(38(22-28)55-3)56-35-13-17-46(26-33(35)43)24-27-11-18-47(19-12-27)40(51)29-7-8-36(54-2)34(21-29)49-20-14-39(50)45-42(49)53/h6-10,14-15,20-23,25,27,33,35H,4-5,11-13,16-19,24,26H2,1-3H3,(H,45,50,53)/t33-,35-/m0/s1. The Balaban J connectivity index is 0.953. The number of pyridine rings is 2. The maximum Gasteiger partial charge on any atom is 0.333 e. The summed E-state index contributed by atoms with van der Waals surface area (Å²) in [4.78, 5) is 61.1. The van der Waals surface area contributed by atoms with Gasteiger partial charge in [0.15, 0.2) is 11.5 Å². The maximum atomic E-state index is 15.7. The van der Waals surface area contributed by atoms with E-state index in [9.17, 15) is 19.2 Å². The molecule has 2 fully saturated rings. The number of rotatable bonds is 12. The van der Waals surface area contributed by atoms with Crippen molar-refractivity contribution in [1.82, 2.24) is 28.9 Å². The summed E-state index contributed by atoms with van der Waals surface area (Å²) in [5.41, 5.74) is 1.28. The highest BCUT2D eigenvalue weighted by Crippen LogP contribution is 2.37. The van der Waals surface area contributed by atoms with Crippen molar-refractivity contribution in [2.45, 2.75) is 57.8 Å². The minimum atomic E-state index is -1.20. The third-order valence-corrected chi connectivity index (χ3v) is 10.9. The summed E-state index contributed by atoms with van der Waals surface area (Å²) in [5, 5.41) is 1.36. The first-order valence-corrected chi connectivity index (χ1v) is 19.2. The van der Waals surface area contributed by atoms with Crippen LogP contribution in [0.15, 0.2) is 87.7 Å². The van der Waals surface area contributed by atoms with Crippen LogP contribution in [0.25, 0.3) is 27.6 Å². The molecule has 7 rings (SSSR count). The second-order valence-corrected chi connectivity index (χ2v) is 14.5. The number of amides is 1.